The minimum Gasteiger partial charge on any atom is -0.497 e. The summed E-state index contributed by atoms with van der Waals surface area (Å²) in [6, 6.07) is 5.87. The van der Waals surface area contributed by atoms with E-state index in [1.807, 2.05) is 37.8 Å². The van der Waals surface area contributed by atoms with Gasteiger partial charge in [-0.25, -0.2) is 4.98 Å². The molecule has 0 aliphatic rings. The average Bonchev–Trinajstić information content (AvgIpc) is 2.94. The molecule has 1 aromatic heterocycles. The molecule has 0 atom stereocenters. The Balaban J connectivity index is 2.14. The first-order chi connectivity index (χ1) is 9.78. The van der Waals surface area contributed by atoms with Crippen LogP contribution in [0.3, 0.4) is 0 Å². The lowest BCUT2D eigenvalue weighted by Crippen LogP contribution is -2.09. The number of aromatic nitrogens is 2. The van der Waals surface area contributed by atoms with E-state index in [0.717, 1.165) is 35.8 Å². The molecule has 108 valence electrons. The Morgan fingerprint density at radius 3 is 2.90 bits per heavy atom. The number of benzene rings is 1. The fourth-order valence-corrected chi connectivity index (χ4v) is 2.04. The zero-order valence-electron chi connectivity index (χ0n) is 12.2. The molecule has 1 aromatic carbocycles. The third-order valence-electron chi connectivity index (χ3n) is 3.16. The molecule has 5 heteroatoms. The second-order valence-corrected chi connectivity index (χ2v) is 4.46. The van der Waals surface area contributed by atoms with E-state index < -0.39 is 0 Å². The maximum absolute atomic E-state index is 5.94. The highest BCUT2D eigenvalue weighted by Crippen LogP contribution is 2.25. The van der Waals surface area contributed by atoms with Gasteiger partial charge in [-0.05, 0) is 20.0 Å². The van der Waals surface area contributed by atoms with Gasteiger partial charge >= 0.3 is 0 Å². The summed E-state index contributed by atoms with van der Waals surface area (Å²) in [6.45, 7) is 4.23. The van der Waals surface area contributed by atoms with E-state index in [1.54, 1.807) is 7.11 Å². The van der Waals surface area contributed by atoms with Gasteiger partial charge in [-0.1, -0.05) is 6.07 Å². The maximum Gasteiger partial charge on any atom is 0.130 e. The highest BCUT2D eigenvalue weighted by molar-refractivity contribution is 5.40. The molecular formula is C15H21N3O2. The number of nitrogens with zero attached hydrogens (tertiary/aromatic N) is 2. The Morgan fingerprint density at radius 1 is 1.35 bits per heavy atom. The van der Waals surface area contributed by atoms with Gasteiger partial charge in [0.2, 0.25) is 0 Å². The van der Waals surface area contributed by atoms with Crippen LogP contribution in [0.2, 0.25) is 0 Å². The monoisotopic (exact) mass is 275 g/mol. The summed E-state index contributed by atoms with van der Waals surface area (Å²) >= 11 is 0. The smallest absolute Gasteiger partial charge is 0.130 e. The molecule has 0 saturated heterocycles. The van der Waals surface area contributed by atoms with Gasteiger partial charge in [-0.3, -0.25) is 0 Å². The topological polar surface area (TPSA) is 48.3 Å². The number of aryl methyl sites for hydroxylation is 1. The lowest BCUT2D eigenvalue weighted by Gasteiger charge is -2.13. The first kappa shape index (κ1) is 14.4. The maximum atomic E-state index is 5.94. The summed E-state index contributed by atoms with van der Waals surface area (Å²) in [5, 5.41) is 3.14. The van der Waals surface area contributed by atoms with Crippen LogP contribution in [0.1, 0.15) is 18.2 Å². The van der Waals surface area contributed by atoms with Crippen LogP contribution in [-0.2, 0) is 19.7 Å². The van der Waals surface area contributed by atoms with Crippen molar-refractivity contribution in [2.75, 3.05) is 14.2 Å². The molecule has 0 aliphatic heterocycles. The molecule has 0 radical (unpaired) electrons. The van der Waals surface area contributed by atoms with E-state index in [0.29, 0.717) is 6.61 Å². The minimum absolute atomic E-state index is 0.498. The van der Waals surface area contributed by atoms with E-state index in [-0.39, 0.29) is 0 Å². The Labute approximate surface area is 119 Å². The minimum atomic E-state index is 0.498. The third kappa shape index (κ3) is 3.30. The second-order valence-electron chi connectivity index (χ2n) is 4.46. The molecule has 0 fully saturated rings. The quantitative estimate of drug-likeness (QED) is 0.841. The van der Waals surface area contributed by atoms with Crippen LogP contribution >= 0.6 is 0 Å². The Bertz CT molecular complexity index is 552. The summed E-state index contributed by atoms with van der Waals surface area (Å²) < 4.78 is 13.3. The van der Waals surface area contributed by atoms with Crippen LogP contribution in [0.25, 0.3) is 0 Å². The molecular weight excluding hydrogens is 254 g/mol. The van der Waals surface area contributed by atoms with E-state index in [9.17, 15) is 0 Å². The van der Waals surface area contributed by atoms with E-state index in [1.165, 1.54) is 0 Å². The van der Waals surface area contributed by atoms with Crippen molar-refractivity contribution >= 4 is 0 Å². The van der Waals surface area contributed by atoms with Crippen molar-refractivity contribution in [3.8, 4) is 11.5 Å². The number of nitrogens with one attached hydrogen (secondary N) is 1. The zero-order valence-corrected chi connectivity index (χ0v) is 12.2. The third-order valence-corrected chi connectivity index (χ3v) is 3.16. The molecule has 1 heterocycles. The fourth-order valence-electron chi connectivity index (χ4n) is 2.04. The highest BCUT2D eigenvalue weighted by atomic mass is 16.5. The molecule has 2 rings (SSSR count). The first-order valence-corrected chi connectivity index (χ1v) is 6.71. The van der Waals surface area contributed by atoms with Gasteiger partial charge in [0.05, 0.1) is 25.3 Å². The Hall–Kier alpha value is -2.01. The SMILES string of the molecule is CCn1cncc1COc1cc(OC)ccc1CNC. The number of rotatable bonds is 7. The molecule has 20 heavy (non-hydrogen) atoms. The first-order valence-electron chi connectivity index (χ1n) is 6.71. The van der Waals surface area contributed by atoms with Crippen LogP contribution in [-0.4, -0.2) is 23.7 Å². The average molecular weight is 275 g/mol. The van der Waals surface area contributed by atoms with Gasteiger partial charge in [0.1, 0.15) is 18.1 Å². The van der Waals surface area contributed by atoms with Crippen LogP contribution in [0.15, 0.2) is 30.7 Å². The van der Waals surface area contributed by atoms with Crippen molar-refractivity contribution in [3.63, 3.8) is 0 Å². The summed E-state index contributed by atoms with van der Waals surface area (Å²) in [7, 11) is 3.57. The Kier molecular flexibility index (Phi) is 5.01. The summed E-state index contributed by atoms with van der Waals surface area (Å²) in [6.07, 6.45) is 3.65. The lowest BCUT2D eigenvalue weighted by atomic mass is 10.2. The number of methoxy groups -OCH3 is 1. The van der Waals surface area contributed by atoms with Crippen LogP contribution in [0.5, 0.6) is 11.5 Å². The number of hydrogen-bond donors (Lipinski definition) is 1. The zero-order chi connectivity index (χ0) is 14.4. The number of imidazole rings is 1. The molecule has 5 nitrogen and oxygen atoms in total. The van der Waals surface area contributed by atoms with Crippen molar-refractivity contribution in [1.82, 2.24) is 14.9 Å². The Morgan fingerprint density at radius 2 is 2.20 bits per heavy atom. The standard InChI is InChI=1S/C15H21N3O2/c1-4-18-11-17-9-13(18)10-20-15-7-14(19-3)6-5-12(15)8-16-2/h5-7,9,11,16H,4,8,10H2,1-3H3. The van der Waals surface area contributed by atoms with Gasteiger partial charge in [-0.2, -0.15) is 0 Å². The predicted molar refractivity (Wildman–Crippen MR) is 78.0 cm³/mol. The van der Waals surface area contributed by atoms with Gasteiger partial charge < -0.3 is 19.4 Å². The molecule has 0 spiro atoms. The molecule has 0 bridgehead atoms. The van der Waals surface area contributed by atoms with Crippen molar-refractivity contribution < 1.29 is 9.47 Å². The summed E-state index contributed by atoms with van der Waals surface area (Å²) in [4.78, 5) is 4.14. The second kappa shape index (κ2) is 6.96. The van der Waals surface area contributed by atoms with Gasteiger partial charge in [0.15, 0.2) is 0 Å². The van der Waals surface area contributed by atoms with Crippen LogP contribution in [0, 0.1) is 0 Å². The van der Waals surface area contributed by atoms with Crippen molar-refractivity contribution in [2.45, 2.75) is 26.6 Å². The molecule has 0 unspecified atom stereocenters. The molecule has 1 N–H and O–H groups in total. The number of ether oxygens (including phenoxy) is 2. The van der Waals surface area contributed by atoms with Gasteiger partial charge in [-0.15, -0.1) is 0 Å². The predicted octanol–water partition coefficient (Wildman–Crippen LogP) is 2.21. The molecule has 0 amide bonds. The van der Waals surface area contributed by atoms with Gasteiger partial charge in [0.25, 0.3) is 0 Å². The normalized spacial score (nSPS) is 10.6. The molecule has 0 aliphatic carbocycles. The fraction of sp³-hybridized carbons (Fsp3) is 0.400. The van der Waals surface area contributed by atoms with E-state index >= 15 is 0 Å². The lowest BCUT2D eigenvalue weighted by molar-refractivity contribution is 0.289. The van der Waals surface area contributed by atoms with Crippen molar-refractivity contribution in [3.05, 3.63) is 42.0 Å². The van der Waals surface area contributed by atoms with Crippen molar-refractivity contribution in [2.24, 2.45) is 0 Å². The largest absolute Gasteiger partial charge is 0.497 e. The highest BCUT2D eigenvalue weighted by Gasteiger charge is 2.07. The van der Waals surface area contributed by atoms with Crippen LogP contribution in [0.4, 0.5) is 0 Å². The van der Waals surface area contributed by atoms with E-state index in [4.69, 9.17) is 9.47 Å². The van der Waals surface area contributed by atoms with E-state index in [2.05, 4.69) is 21.8 Å². The van der Waals surface area contributed by atoms with Crippen LogP contribution < -0.4 is 14.8 Å². The van der Waals surface area contributed by atoms with Gasteiger partial charge in [0, 0.05) is 24.7 Å². The summed E-state index contributed by atoms with van der Waals surface area (Å²) in [5.41, 5.74) is 2.17. The molecule has 0 saturated carbocycles. The van der Waals surface area contributed by atoms with Crippen molar-refractivity contribution in [1.29, 1.82) is 0 Å². The summed E-state index contributed by atoms with van der Waals surface area (Å²) in [5.74, 6) is 1.63. The molecule has 2 aromatic rings. The number of hydrogen-bond acceptors (Lipinski definition) is 4.